The lowest BCUT2D eigenvalue weighted by molar-refractivity contribution is 0.359. The van der Waals surface area contributed by atoms with Gasteiger partial charge in [-0.2, -0.15) is 5.10 Å². The molecule has 1 atom stereocenters. The monoisotopic (exact) mass is 403 g/mol. The number of anilines is 1. The number of phenols is 2. The Hall–Kier alpha value is -3.38. The summed E-state index contributed by atoms with van der Waals surface area (Å²) in [6, 6.07) is 21.9. The van der Waals surface area contributed by atoms with Gasteiger partial charge in [-0.15, -0.1) is 0 Å². The van der Waals surface area contributed by atoms with Crippen molar-refractivity contribution >= 4 is 28.7 Å². The highest BCUT2D eigenvalue weighted by molar-refractivity contribution is 7.80. The summed E-state index contributed by atoms with van der Waals surface area (Å²) in [6.07, 6.45) is 0.505. The van der Waals surface area contributed by atoms with Crippen LogP contribution < -0.4 is 5.32 Å². The molecule has 0 spiro atoms. The Balaban J connectivity index is 1.71. The van der Waals surface area contributed by atoms with Crippen molar-refractivity contribution in [1.82, 2.24) is 5.01 Å². The van der Waals surface area contributed by atoms with Crippen LogP contribution in [0.25, 0.3) is 0 Å². The number of aromatic hydroxyl groups is 2. The molecule has 0 aromatic heterocycles. The van der Waals surface area contributed by atoms with E-state index in [2.05, 4.69) is 5.32 Å². The molecule has 3 aromatic rings. The molecule has 0 bridgehead atoms. The average Bonchev–Trinajstić information content (AvgIpc) is 3.15. The molecule has 1 aliphatic heterocycles. The predicted octanol–water partition coefficient (Wildman–Crippen LogP) is 4.95. The lowest BCUT2D eigenvalue weighted by atomic mass is 9.97. The first-order chi connectivity index (χ1) is 14.0. The van der Waals surface area contributed by atoms with Crippen molar-refractivity contribution in [3.8, 4) is 11.5 Å². The maximum atomic E-state index is 10.4. The average molecular weight is 404 g/mol. The van der Waals surface area contributed by atoms with Crippen molar-refractivity contribution in [1.29, 1.82) is 0 Å². The Morgan fingerprint density at radius 2 is 1.62 bits per heavy atom. The van der Waals surface area contributed by atoms with Crippen LogP contribution >= 0.6 is 12.2 Å². The van der Waals surface area contributed by atoms with E-state index in [4.69, 9.17) is 17.3 Å². The number of rotatable bonds is 3. The third kappa shape index (κ3) is 3.79. The van der Waals surface area contributed by atoms with Gasteiger partial charge in [-0.3, -0.25) is 0 Å². The van der Waals surface area contributed by atoms with E-state index >= 15 is 0 Å². The number of hydrogen-bond acceptors (Lipinski definition) is 4. The fourth-order valence-electron chi connectivity index (χ4n) is 3.48. The number of hydrogen-bond donors (Lipinski definition) is 3. The Bertz CT molecular complexity index is 1100. The zero-order chi connectivity index (χ0) is 20.4. The minimum absolute atomic E-state index is 0.168. The van der Waals surface area contributed by atoms with Crippen LogP contribution in [0.15, 0.2) is 77.9 Å². The first kappa shape index (κ1) is 19.0. The molecule has 6 heteroatoms. The first-order valence-electron chi connectivity index (χ1n) is 9.34. The van der Waals surface area contributed by atoms with Crippen LogP contribution in [-0.4, -0.2) is 26.0 Å². The molecule has 0 saturated carbocycles. The second-order valence-corrected chi connectivity index (χ2v) is 7.32. The number of phenolic OH excluding ortho intramolecular Hbond substituents is 2. The number of benzene rings is 3. The van der Waals surface area contributed by atoms with E-state index in [1.54, 1.807) is 29.3 Å². The highest BCUT2D eigenvalue weighted by atomic mass is 32.1. The van der Waals surface area contributed by atoms with Crippen LogP contribution in [0.2, 0.25) is 0 Å². The molecule has 3 aromatic carbocycles. The molecule has 4 rings (SSSR count). The molecular weight excluding hydrogens is 382 g/mol. The maximum Gasteiger partial charge on any atom is 0.194 e. The topological polar surface area (TPSA) is 68.1 Å². The van der Waals surface area contributed by atoms with Crippen molar-refractivity contribution < 1.29 is 10.2 Å². The van der Waals surface area contributed by atoms with E-state index in [9.17, 15) is 10.2 Å². The smallest absolute Gasteiger partial charge is 0.194 e. The summed E-state index contributed by atoms with van der Waals surface area (Å²) in [6.45, 7) is 2.01. The van der Waals surface area contributed by atoms with Crippen molar-refractivity contribution in [3.63, 3.8) is 0 Å². The van der Waals surface area contributed by atoms with Crippen LogP contribution in [0, 0.1) is 6.92 Å². The van der Waals surface area contributed by atoms with Gasteiger partial charge in [0.05, 0.1) is 11.8 Å². The molecule has 146 valence electrons. The lowest BCUT2D eigenvalue weighted by Crippen LogP contribution is -2.31. The first-order valence-corrected chi connectivity index (χ1v) is 9.75. The summed E-state index contributed by atoms with van der Waals surface area (Å²) in [5.74, 6) is 0.358. The predicted molar refractivity (Wildman–Crippen MR) is 119 cm³/mol. The lowest BCUT2D eigenvalue weighted by Gasteiger charge is -2.25. The third-order valence-corrected chi connectivity index (χ3v) is 5.30. The van der Waals surface area contributed by atoms with Gasteiger partial charge >= 0.3 is 0 Å². The van der Waals surface area contributed by atoms with Crippen molar-refractivity contribution in [2.75, 3.05) is 5.32 Å². The van der Waals surface area contributed by atoms with Gasteiger partial charge in [-0.05, 0) is 49.0 Å². The molecule has 0 aliphatic carbocycles. The van der Waals surface area contributed by atoms with Crippen molar-refractivity contribution in [2.45, 2.75) is 19.4 Å². The van der Waals surface area contributed by atoms with E-state index in [0.29, 0.717) is 22.8 Å². The molecule has 0 saturated heterocycles. The molecule has 3 N–H and O–H groups in total. The molecular formula is C23H21N3O2S. The Kier molecular flexibility index (Phi) is 5.18. The van der Waals surface area contributed by atoms with Crippen LogP contribution in [0.4, 0.5) is 5.69 Å². The SMILES string of the molecule is Cc1ccccc1NC(=S)N1N=C(c2ccccc2O)CC1c1ccccc1O. The maximum absolute atomic E-state index is 10.4. The van der Waals surface area contributed by atoms with E-state index in [0.717, 1.165) is 16.8 Å². The molecule has 1 unspecified atom stereocenters. The van der Waals surface area contributed by atoms with Crippen molar-refractivity contribution in [3.05, 3.63) is 89.5 Å². The van der Waals surface area contributed by atoms with Crippen LogP contribution in [0.1, 0.15) is 29.2 Å². The highest BCUT2D eigenvalue weighted by Crippen LogP contribution is 2.38. The summed E-state index contributed by atoms with van der Waals surface area (Å²) in [5, 5.41) is 30.8. The van der Waals surface area contributed by atoms with Gasteiger partial charge in [0.2, 0.25) is 0 Å². The minimum atomic E-state index is -0.283. The fourth-order valence-corrected chi connectivity index (χ4v) is 3.75. The van der Waals surface area contributed by atoms with E-state index < -0.39 is 0 Å². The van der Waals surface area contributed by atoms with Crippen LogP contribution in [-0.2, 0) is 0 Å². The third-order valence-electron chi connectivity index (χ3n) is 5.02. The molecule has 29 heavy (non-hydrogen) atoms. The van der Waals surface area contributed by atoms with Gasteiger partial charge in [-0.1, -0.05) is 48.5 Å². The Morgan fingerprint density at radius 1 is 0.966 bits per heavy atom. The molecule has 0 radical (unpaired) electrons. The quantitative estimate of drug-likeness (QED) is 0.540. The second kappa shape index (κ2) is 7.93. The molecule has 5 nitrogen and oxygen atoms in total. The fraction of sp³-hybridized carbons (Fsp3) is 0.130. The van der Waals surface area contributed by atoms with Gasteiger partial charge < -0.3 is 15.5 Å². The van der Waals surface area contributed by atoms with E-state index in [1.165, 1.54) is 0 Å². The summed E-state index contributed by atoms with van der Waals surface area (Å²) >= 11 is 5.68. The molecule has 1 heterocycles. The van der Waals surface area contributed by atoms with Gasteiger partial charge in [0, 0.05) is 23.2 Å². The minimum Gasteiger partial charge on any atom is -0.508 e. The molecule has 1 aliphatic rings. The van der Waals surface area contributed by atoms with Gasteiger partial charge in [-0.25, -0.2) is 5.01 Å². The van der Waals surface area contributed by atoms with Gasteiger partial charge in [0.15, 0.2) is 5.11 Å². The molecule has 0 amide bonds. The Morgan fingerprint density at radius 3 is 2.34 bits per heavy atom. The van der Waals surface area contributed by atoms with E-state index in [-0.39, 0.29) is 17.5 Å². The zero-order valence-corrected chi connectivity index (χ0v) is 16.7. The zero-order valence-electron chi connectivity index (χ0n) is 15.9. The summed E-state index contributed by atoms with van der Waals surface area (Å²) in [7, 11) is 0. The van der Waals surface area contributed by atoms with E-state index in [1.807, 2.05) is 55.5 Å². The van der Waals surface area contributed by atoms with Crippen molar-refractivity contribution in [2.24, 2.45) is 5.10 Å². The summed E-state index contributed by atoms with van der Waals surface area (Å²) in [5.41, 5.74) is 4.08. The normalized spacial score (nSPS) is 15.8. The number of hydrazone groups is 1. The second-order valence-electron chi connectivity index (χ2n) is 6.93. The Labute approximate surface area is 174 Å². The standard InChI is InChI=1S/C23H21N3O2S/c1-15-8-2-5-11-18(15)24-23(29)26-20(17-10-4-7-13-22(17)28)14-19(25-26)16-9-3-6-12-21(16)27/h2-13,20,27-28H,14H2,1H3,(H,24,29). The number of nitrogens with one attached hydrogen (secondary N) is 1. The van der Waals surface area contributed by atoms with Gasteiger partial charge in [0.1, 0.15) is 11.5 Å². The van der Waals surface area contributed by atoms with Crippen LogP contribution in [0.5, 0.6) is 11.5 Å². The number of aryl methyl sites for hydroxylation is 1. The number of nitrogens with zero attached hydrogens (tertiary/aromatic N) is 2. The largest absolute Gasteiger partial charge is 0.508 e. The summed E-state index contributed by atoms with van der Waals surface area (Å²) in [4.78, 5) is 0. The van der Waals surface area contributed by atoms with Gasteiger partial charge in [0.25, 0.3) is 0 Å². The molecule has 0 fully saturated rings. The number of para-hydroxylation sites is 3. The highest BCUT2D eigenvalue weighted by Gasteiger charge is 2.33. The number of thiocarbonyl (C=S) groups is 1. The summed E-state index contributed by atoms with van der Waals surface area (Å²) < 4.78 is 0. The van der Waals surface area contributed by atoms with Crippen LogP contribution in [0.3, 0.4) is 0 Å².